The molecule has 104 valence electrons. The Balaban J connectivity index is 2.19. The molecule has 2 heterocycles. The fourth-order valence-electron chi connectivity index (χ4n) is 2.21. The molecule has 0 spiro atoms. The van der Waals surface area contributed by atoms with Gasteiger partial charge in [0.1, 0.15) is 5.69 Å². The molecule has 2 unspecified atom stereocenters. The first-order valence-electron chi connectivity index (χ1n) is 6.71. The van der Waals surface area contributed by atoms with E-state index in [4.69, 9.17) is 4.52 Å². The van der Waals surface area contributed by atoms with Crippen molar-refractivity contribution >= 4 is 0 Å². The summed E-state index contributed by atoms with van der Waals surface area (Å²) in [6.45, 7) is 7.30. The van der Waals surface area contributed by atoms with Crippen LogP contribution in [0.1, 0.15) is 39.0 Å². The highest BCUT2D eigenvalue weighted by Gasteiger charge is 2.23. The van der Waals surface area contributed by atoms with Gasteiger partial charge in [-0.05, 0) is 13.0 Å². The van der Waals surface area contributed by atoms with Crippen molar-refractivity contribution in [2.24, 2.45) is 7.05 Å². The van der Waals surface area contributed by atoms with Crippen molar-refractivity contribution in [1.82, 2.24) is 25.0 Å². The molecule has 0 saturated carbocycles. The lowest BCUT2D eigenvalue weighted by Gasteiger charge is -2.20. The van der Waals surface area contributed by atoms with E-state index >= 15 is 0 Å². The largest absolute Gasteiger partial charge is 0.339 e. The molecule has 19 heavy (non-hydrogen) atoms. The first-order chi connectivity index (χ1) is 9.17. The lowest BCUT2D eigenvalue weighted by Crippen LogP contribution is -2.33. The second kappa shape index (κ2) is 5.97. The molecular formula is C13H21N5O. The fourth-order valence-corrected chi connectivity index (χ4v) is 2.21. The predicted molar refractivity (Wildman–Crippen MR) is 72.7 cm³/mol. The van der Waals surface area contributed by atoms with Crippen molar-refractivity contribution in [3.63, 3.8) is 0 Å². The summed E-state index contributed by atoms with van der Waals surface area (Å²) in [6.07, 6.45) is 4.49. The zero-order valence-corrected chi connectivity index (χ0v) is 11.9. The van der Waals surface area contributed by atoms with Crippen LogP contribution < -0.4 is 5.32 Å². The number of hydrogen-bond acceptors (Lipinski definition) is 5. The summed E-state index contributed by atoms with van der Waals surface area (Å²) in [5, 5.41) is 7.48. The van der Waals surface area contributed by atoms with E-state index < -0.39 is 0 Å². The molecule has 0 saturated heterocycles. The molecule has 0 aliphatic rings. The Bertz CT molecular complexity index is 519. The van der Waals surface area contributed by atoms with Gasteiger partial charge in [0.05, 0.1) is 18.4 Å². The van der Waals surface area contributed by atoms with Crippen LogP contribution in [0.25, 0.3) is 11.5 Å². The van der Waals surface area contributed by atoms with Gasteiger partial charge in [0, 0.05) is 13.1 Å². The van der Waals surface area contributed by atoms with Crippen LogP contribution in [0, 0.1) is 0 Å². The maximum atomic E-state index is 5.39. The summed E-state index contributed by atoms with van der Waals surface area (Å²) >= 11 is 0. The van der Waals surface area contributed by atoms with E-state index in [9.17, 15) is 0 Å². The van der Waals surface area contributed by atoms with Crippen molar-refractivity contribution in [2.75, 3.05) is 6.54 Å². The third-order valence-electron chi connectivity index (χ3n) is 3.39. The number of nitrogens with one attached hydrogen (secondary N) is 1. The molecule has 0 aliphatic carbocycles. The second-order valence-corrected chi connectivity index (χ2v) is 4.71. The van der Waals surface area contributed by atoms with Crippen LogP contribution in [0.2, 0.25) is 0 Å². The summed E-state index contributed by atoms with van der Waals surface area (Å²) in [6, 6.07) is 0.352. The quantitative estimate of drug-likeness (QED) is 0.862. The Morgan fingerprint density at radius 2 is 2.21 bits per heavy atom. The van der Waals surface area contributed by atoms with Crippen molar-refractivity contribution in [3.8, 4) is 11.5 Å². The Hall–Kier alpha value is -1.69. The van der Waals surface area contributed by atoms with Crippen molar-refractivity contribution in [1.29, 1.82) is 0 Å². The Morgan fingerprint density at radius 3 is 2.79 bits per heavy atom. The fraction of sp³-hybridized carbons (Fsp3) is 0.615. The van der Waals surface area contributed by atoms with Gasteiger partial charge >= 0.3 is 0 Å². The van der Waals surface area contributed by atoms with Crippen LogP contribution in [0.4, 0.5) is 0 Å². The summed E-state index contributed by atoms with van der Waals surface area (Å²) < 4.78 is 7.27. The molecule has 2 aromatic heterocycles. The van der Waals surface area contributed by atoms with Gasteiger partial charge in [0.25, 0.3) is 0 Å². The molecule has 0 bridgehead atoms. The zero-order valence-electron chi connectivity index (χ0n) is 11.9. The normalized spacial score (nSPS) is 14.5. The van der Waals surface area contributed by atoms with Crippen LogP contribution >= 0.6 is 0 Å². The molecule has 0 fully saturated rings. The summed E-state index contributed by atoms with van der Waals surface area (Å²) in [4.78, 5) is 8.55. The maximum Gasteiger partial charge on any atom is 0.231 e. The standard InChI is InChI=1S/C13H21N5O/c1-5-10(15-6-2)9(3)13-16-12(17-19-13)11-7-14-8-18(11)4/h7-10,15H,5-6H2,1-4H3. The summed E-state index contributed by atoms with van der Waals surface area (Å²) in [5.41, 5.74) is 0.860. The maximum absolute atomic E-state index is 5.39. The van der Waals surface area contributed by atoms with Gasteiger partial charge in [-0.15, -0.1) is 0 Å². The minimum atomic E-state index is 0.194. The zero-order chi connectivity index (χ0) is 13.8. The van der Waals surface area contributed by atoms with Crippen LogP contribution in [-0.2, 0) is 7.05 Å². The highest BCUT2D eigenvalue weighted by molar-refractivity contribution is 5.47. The molecule has 2 aromatic rings. The average Bonchev–Trinajstić information content (AvgIpc) is 3.03. The molecule has 6 heteroatoms. The van der Waals surface area contributed by atoms with E-state index in [1.807, 2.05) is 11.6 Å². The lowest BCUT2D eigenvalue weighted by atomic mass is 9.99. The van der Waals surface area contributed by atoms with E-state index in [2.05, 4.69) is 41.2 Å². The molecule has 0 aliphatic heterocycles. The van der Waals surface area contributed by atoms with E-state index in [1.165, 1.54) is 0 Å². The van der Waals surface area contributed by atoms with Gasteiger partial charge < -0.3 is 14.4 Å². The molecular weight excluding hydrogens is 242 g/mol. The number of aromatic nitrogens is 4. The molecule has 0 radical (unpaired) electrons. The summed E-state index contributed by atoms with van der Waals surface area (Å²) in [5.74, 6) is 1.46. The van der Waals surface area contributed by atoms with Gasteiger partial charge in [-0.2, -0.15) is 4.98 Å². The highest BCUT2D eigenvalue weighted by Crippen LogP contribution is 2.22. The first kappa shape index (κ1) is 13.7. The molecule has 1 N–H and O–H groups in total. The van der Waals surface area contributed by atoms with Gasteiger partial charge in [-0.25, -0.2) is 4.98 Å². The van der Waals surface area contributed by atoms with Crippen molar-refractivity contribution in [3.05, 3.63) is 18.4 Å². The molecule has 0 aromatic carbocycles. The first-order valence-corrected chi connectivity index (χ1v) is 6.71. The topological polar surface area (TPSA) is 68.8 Å². The number of hydrogen-bond donors (Lipinski definition) is 1. The van der Waals surface area contributed by atoms with Crippen LogP contribution in [0.5, 0.6) is 0 Å². The van der Waals surface area contributed by atoms with Crippen LogP contribution in [0.3, 0.4) is 0 Å². The Morgan fingerprint density at radius 1 is 1.42 bits per heavy atom. The van der Waals surface area contributed by atoms with Gasteiger partial charge in [-0.3, -0.25) is 0 Å². The van der Waals surface area contributed by atoms with E-state index in [0.29, 0.717) is 17.8 Å². The number of aryl methyl sites for hydroxylation is 1. The smallest absolute Gasteiger partial charge is 0.231 e. The van der Waals surface area contributed by atoms with Crippen LogP contribution in [-0.4, -0.2) is 32.3 Å². The minimum absolute atomic E-state index is 0.194. The third-order valence-corrected chi connectivity index (χ3v) is 3.39. The summed E-state index contributed by atoms with van der Waals surface area (Å²) in [7, 11) is 1.91. The number of rotatable bonds is 6. The average molecular weight is 263 g/mol. The van der Waals surface area contributed by atoms with E-state index in [0.717, 1.165) is 18.7 Å². The number of nitrogens with zero attached hydrogens (tertiary/aromatic N) is 4. The van der Waals surface area contributed by atoms with Gasteiger partial charge in [0.2, 0.25) is 11.7 Å². The van der Waals surface area contributed by atoms with Crippen molar-refractivity contribution in [2.45, 2.75) is 39.2 Å². The molecule has 2 rings (SSSR count). The predicted octanol–water partition coefficient (Wildman–Crippen LogP) is 1.96. The number of imidazole rings is 1. The monoisotopic (exact) mass is 263 g/mol. The van der Waals surface area contributed by atoms with Crippen LogP contribution in [0.15, 0.2) is 17.0 Å². The molecule has 2 atom stereocenters. The molecule has 6 nitrogen and oxygen atoms in total. The highest BCUT2D eigenvalue weighted by atomic mass is 16.5. The third kappa shape index (κ3) is 2.84. The Kier molecular flexibility index (Phi) is 4.31. The van der Waals surface area contributed by atoms with E-state index in [-0.39, 0.29) is 5.92 Å². The SMILES string of the molecule is CCNC(CC)C(C)c1nc(-c2cncn2C)no1. The lowest BCUT2D eigenvalue weighted by molar-refractivity contribution is 0.321. The van der Waals surface area contributed by atoms with Gasteiger partial charge in [0.15, 0.2) is 0 Å². The molecule has 0 amide bonds. The minimum Gasteiger partial charge on any atom is -0.339 e. The van der Waals surface area contributed by atoms with Gasteiger partial charge in [-0.1, -0.05) is 25.9 Å². The van der Waals surface area contributed by atoms with Crippen molar-refractivity contribution < 1.29 is 4.52 Å². The van der Waals surface area contributed by atoms with E-state index in [1.54, 1.807) is 12.5 Å². The second-order valence-electron chi connectivity index (χ2n) is 4.71. The Labute approximate surface area is 113 Å². The number of likely N-dealkylation sites (N-methyl/N-ethyl adjacent to an activating group) is 1.